The standard InChI is InChI=1S/C16H23NO2/c1-12(16(18)19)15-8-6-14(7-9-15)11-17(2)10-13-4-3-5-13/h6-9,12-13H,3-5,10-11H2,1-2H3,(H,18,19). The van der Waals surface area contributed by atoms with Crippen LogP contribution in [0.25, 0.3) is 0 Å². The van der Waals surface area contributed by atoms with E-state index in [0.717, 1.165) is 18.0 Å². The van der Waals surface area contributed by atoms with Gasteiger partial charge in [-0.2, -0.15) is 0 Å². The molecule has 1 aliphatic rings. The number of aliphatic carboxylic acids is 1. The number of nitrogens with zero attached hydrogens (tertiary/aromatic N) is 1. The number of hydrogen-bond acceptors (Lipinski definition) is 2. The van der Waals surface area contributed by atoms with E-state index in [9.17, 15) is 4.79 Å². The molecule has 0 radical (unpaired) electrons. The van der Waals surface area contributed by atoms with E-state index in [-0.39, 0.29) is 0 Å². The Morgan fingerprint density at radius 3 is 2.47 bits per heavy atom. The van der Waals surface area contributed by atoms with Crippen LogP contribution in [-0.4, -0.2) is 29.6 Å². The predicted molar refractivity (Wildman–Crippen MR) is 76.2 cm³/mol. The molecule has 19 heavy (non-hydrogen) atoms. The lowest BCUT2D eigenvalue weighted by molar-refractivity contribution is -0.138. The van der Waals surface area contributed by atoms with Crippen molar-refractivity contribution in [1.29, 1.82) is 0 Å². The van der Waals surface area contributed by atoms with Gasteiger partial charge in [0.25, 0.3) is 0 Å². The summed E-state index contributed by atoms with van der Waals surface area (Å²) in [4.78, 5) is 13.3. The monoisotopic (exact) mass is 261 g/mol. The third kappa shape index (κ3) is 3.80. The Morgan fingerprint density at radius 1 is 1.37 bits per heavy atom. The normalized spacial score (nSPS) is 17.2. The van der Waals surface area contributed by atoms with Gasteiger partial charge in [0.1, 0.15) is 0 Å². The lowest BCUT2D eigenvalue weighted by Gasteiger charge is -2.30. The maximum Gasteiger partial charge on any atom is 0.310 e. The van der Waals surface area contributed by atoms with Gasteiger partial charge in [-0.1, -0.05) is 30.7 Å². The summed E-state index contributed by atoms with van der Waals surface area (Å²) in [5.74, 6) is -0.312. The van der Waals surface area contributed by atoms with Gasteiger partial charge in [-0.15, -0.1) is 0 Å². The molecule has 1 saturated carbocycles. The molecule has 0 amide bonds. The van der Waals surface area contributed by atoms with E-state index < -0.39 is 11.9 Å². The zero-order chi connectivity index (χ0) is 13.8. The van der Waals surface area contributed by atoms with Crippen molar-refractivity contribution in [3.8, 4) is 0 Å². The second-order valence-corrected chi connectivity index (χ2v) is 5.80. The Balaban J connectivity index is 1.88. The van der Waals surface area contributed by atoms with Gasteiger partial charge in [-0.25, -0.2) is 0 Å². The number of rotatable bonds is 6. The molecule has 1 aromatic carbocycles. The predicted octanol–water partition coefficient (Wildman–Crippen LogP) is 3.11. The number of carbonyl (C=O) groups is 1. The van der Waals surface area contributed by atoms with Crippen LogP contribution >= 0.6 is 0 Å². The first kappa shape index (κ1) is 14.1. The summed E-state index contributed by atoms with van der Waals surface area (Å²) in [7, 11) is 2.16. The molecule has 0 saturated heterocycles. The molecule has 1 unspecified atom stereocenters. The summed E-state index contributed by atoms with van der Waals surface area (Å²) in [6.07, 6.45) is 4.14. The third-order valence-corrected chi connectivity index (χ3v) is 4.10. The summed E-state index contributed by atoms with van der Waals surface area (Å²) >= 11 is 0. The summed E-state index contributed by atoms with van der Waals surface area (Å²) in [6, 6.07) is 7.97. The number of carboxylic acids is 1. The maximum atomic E-state index is 10.9. The van der Waals surface area contributed by atoms with E-state index in [4.69, 9.17) is 5.11 Å². The molecule has 2 rings (SSSR count). The molecule has 0 spiro atoms. The fourth-order valence-corrected chi connectivity index (χ4v) is 2.55. The first-order valence-corrected chi connectivity index (χ1v) is 7.06. The molecule has 3 nitrogen and oxygen atoms in total. The Morgan fingerprint density at radius 2 is 2.00 bits per heavy atom. The summed E-state index contributed by atoms with van der Waals surface area (Å²) in [5, 5.41) is 8.97. The van der Waals surface area contributed by atoms with E-state index in [1.807, 2.05) is 24.3 Å². The van der Waals surface area contributed by atoms with Crippen LogP contribution in [-0.2, 0) is 11.3 Å². The van der Waals surface area contributed by atoms with Crippen molar-refractivity contribution in [2.45, 2.75) is 38.6 Å². The SMILES string of the molecule is CC(C(=O)O)c1ccc(CN(C)CC2CCC2)cc1. The second kappa shape index (κ2) is 6.20. The van der Waals surface area contributed by atoms with Crippen molar-refractivity contribution < 1.29 is 9.90 Å². The average molecular weight is 261 g/mol. The Kier molecular flexibility index (Phi) is 4.59. The quantitative estimate of drug-likeness (QED) is 0.855. The minimum Gasteiger partial charge on any atom is -0.481 e. The van der Waals surface area contributed by atoms with Crippen molar-refractivity contribution in [1.82, 2.24) is 4.90 Å². The van der Waals surface area contributed by atoms with E-state index >= 15 is 0 Å². The molecule has 3 heteroatoms. The van der Waals surface area contributed by atoms with Crippen LogP contribution in [0, 0.1) is 5.92 Å². The average Bonchev–Trinajstić information content (AvgIpc) is 2.34. The van der Waals surface area contributed by atoms with Gasteiger partial charge in [0.15, 0.2) is 0 Å². The molecule has 1 fully saturated rings. The zero-order valence-electron chi connectivity index (χ0n) is 11.8. The Bertz CT molecular complexity index is 423. The van der Waals surface area contributed by atoms with E-state index in [2.05, 4.69) is 11.9 Å². The van der Waals surface area contributed by atoms with Gasteiger partial charge in [-0.3, -0.25) is 4.79 Å². The van der Waals surface area contributed by atoms with Crippen LogP contribution in [0.2, 0.25) is 0 Å². The van der Waals surface area contributed by atoms with Gasteiger partial charge in [-0.05, 0) is 43.9 Å². The number of benzene rings is 1. The van der Waals surface area contributed by atoms with E-state index in [1.165, 1.54) is 31.4 Å². The number of carboxylic acid groups (broad SMARTS) is 1. The lowest BCUT2D eigenvalue weighted by Crippen LogP contribution is -2.29. The zero-order valence-corrected chi connectivity index (χ0v) is 11.8. The van der Waals surface area contributed by atoms with Gasteiger partial charge in [0.05, 0.1) is 5.92 Å². The van der Waals surface area contributed by atoms with Crippen molar-refractivity contribution in [3.05, 3.63) is 35.4 Å². The van der Waals surface area contributed by atoms with Gasteiger partial charge in [0, 0.05) is 13.1 Å². The molecular formula is C16H23NO2. The highest BCUT2D eigenvalue weighted by Crippen LogP contribution is 2.27. The van der Waals surface area contributed by atoms with Crippen molar-refractivity contribution in [3.63, 3.8) is 0 Å². The topological polar surface area (TPSA) is 40.5 Å². The minimum absolute atomic E-state index is 0.429. The molecule has 0 heterocycles. The van der Waals surface area contributed by atoms with Crippen molar-refractivity contribution >= 4 is 5.97 Å². The fraction of sp³-hybridized carbons (Fsp3) is 0.562. The van der Waals surface area contributed by atoms with Crippen LogP contribution in [0.3, 0.4) is 0 Å². The van der Waals surface area contributed by atoms with Crippen LogP contribution in [0.5, 0.6) is 0 Å². The van der Waals surface area contributed by atoms with Crippen LogP contribution in [0.1, 0.15) is 43.2 Å². The van der Waals surface area contributed by atoms with Gasteiger partial charge in [0.2, 0.25) is 0 Å². The maximum absolute atomic E-state index is 10.9. The van der Waals surface area contributed by atoms with E-state index in [1.54, 1.807) is 6.92 Å². The smallest absolute Gasteiger partial charge is 0.310 e. The van der Waals surface area contributed by atoms with Crippen LogP contribution in [0.4, 0.5) is 0 Å². The second-order valence-electron chi connectivity index (χ2n) is 5.80. The summed E-state index contributed by atoms with van der Waals surface area (Å²) < 4.78 is 0. The lowest BCUT2D eigenvalue weighted by atomic mass is 9.85. The summed E-state index contributed by atoms with van der Waals surface area (Å²) in [6.45, 7) is 3.84. The Labute approximate surface area is 115 Å². The highest BCUT2D eigenvalue weighted by atomic mass is 16.4. The van der Waals surface area contributed by atoms with Crippen LogP contribution in [0.15, 0.2) is 24.3 Å². The van der Waals surface area contributed by atoms with E-state index in [0.29, 0.717) is 0 Å². The van der Waals surface area contributed by atoms with Crippen molar-refractivity contribution in [2.75, 3.05) is 13.6 Å². The molecule has 1 aromatic rings. The van der Waals surface area contributed by atoms with Gasteiger partial charge >= 0.3 is 5.97 Å². The first-order chi connectivity index (χ1) is 9.06. The minimum atomic E-state index is -0.769. The van der Waals surface area contributed by atoms with Crippen molar-refractivity contribution in [2.24, 2.45) is 5.92 Å². The Hall–Kier alpha value is -1.35. The van der Waals surface area contributed by atoms with Crippen LogP contribution < -0.4 is 0 Å². The summed E-state index contributed by atoms with van der Waals surface area (Å²) in [5.41, 5.74) is 2.13. The number of hydrogen-bond donors (Lipinski definition) is 1. The molecular weight excluding hydrogens is 238 g/mol. The molecule has 1 aliphatic carbocycles. The molecule has 1 N–H and O–H groups in total. The highest BCUT2D eigenvalue weighted by Gasteiger charge is 2.19. The molecule has 0 aromatic heterocycles. The molecule has 104 valence electrons. The largest absolute Gasteiger partial charge is 0.481 e. The fourth-order valence-electron chi connectivity index (χ4n) is 2.55. The molecule has 1 atom stereocenters. The van der Waals surface area contributed by atoms with Gasteiger partial charge < -0.3 is 10.0 Å². The highest BCUT2D eigenvalue weighted by molar-refractivity contribution is 5.75. The first-order valence-electron chi connectivity index (χ1n) is 7.06. The molecule has 0 aliphatic heterocycles. The third-order valence-electron chi connectivity index (χ3n) is 4.10. The molecule has 0 bridgehead atoms.